The van der Waals surface area contributed by atoms with Gasteiger partial charge in [0, 0.05) is 13.2 Å². The lowest BCUT2D eigenvalue weighted by Crippen LogP contribution is -2.24. The smallest absolute Gasteiger partial charge is 0.460 e. The van der Waals surface area contributed by atoms with E-state index in [0.29, 0.717) is 6.10 Å². The molecule has 0 amide bonds. The van der Waals surface area contributed by atoms with Gasteiger partial charge in [0.1, 0.15) is 0 Å². The van der Waals surface area contributed by atoms with Crippen molar-refractivity contribution in [1.82, 2.24) is 0 Å². The van der Waals surface area contributed by atoms with Gasteiger partial charge in [-0.05, 0) is 12.8 Å². The second kappa shape index (κ2) is 13.1. The second-order valence-corrected chi connectivity index (χ2v) is 9.02. The number of hydrogen-bond acceptors (Lipinski definition) is 2. The molecule has 1 rings (SSSR count). The summed E-state index contributed by atoms with van der Waals surface area (Å²) in [7, 11) is 0. The first-order chi connectivity index (χ1) is 9.86. The van der Waals surface area contributed by atoms with Crippen LogP contribution in [0.1, 0.15) is 78.1 Å². The van der Waals surface area contributed by atoms with Crippen molar-refractivity contribution in [2.24, 2.45) is 0 Å². The standard InChI is InChI=1S/2C6H13.C5H9O2.Al/c2*1-3-5-6-4-2;6-4-5-2-1-3-7-5;/h2*1,3-6H2,2H3;5H,1-4H2;/q;;-1;+1. The average molecular weight is 298 g/mol. The second-order valence-electron chi connectivity index (χ2n) is 6.29. The van der Waals surface area contributed by atoms with Gasteiger partial charge in [-0.2, -0.15) is 0 Å². The molecule has 0 aromatic rings. The Hall–Kier alpha value is 0.452. The van der Waals surface area contributed by atoms with Crippen LogP contribution in [0.25, 0.3) is 0 Å². The van der Waals surface area contributed by atoms with Crippen LogP contribution in [0.15, 0.2) is 0 Å². The minimum absolute atomic E-state index is 0.413. The molecular formula is C17H35AlO2. The molecule has 1 atom stereocenters. The summed E-state index contributed by atoms with van der Waals surface area (Å²) >= 11 is -0.955. The van der Waals surface area contributed by atoms with Crippen LogP contribution in [0.5, 0.6) is 0 Å². The lowest BCUT2D eigenvalue weighted by atomic mass is 10.2. The van der Waals surface area contributed by atoms with E-state index in [2.05, 4.69) is 13.8 Å². The molecule has 0 aromatic heterocycles. The first-order valence-corrected chi connectivity index (χ1v) is 11.2. The molecule has 0 aliphatic carbocycles. The highest BCUT2D eigenvalue weighted by atomic mass is 27.2. The molecule has 1 aliphatic heterocycles. The zero-order chi connectivity index (χ0) is 14.5. The molecule has 1 saturated heterocycles. The third kappa shape index (κ3) is 9.40. The first-order valence-electron chi connectivity index (χ1n) is 9.10. The molecule has 1 unspecified atom stereocenters. The summed E-state index contributed by atoms with van der Waals surface area (Å²) in [5.74, 6) is 0. The predicted octanol–water partition coefficient (Wildman–Crippen LogP) is 5.33. The summed E-state index contributed by atoms with van der Waals surface area (Å²) in [6.45, 7) is 6.41. The van der Waals surface area contributed by atoms with E-state index >= 15 is 0 Å². The van der Waals surface area contributed by atoms with Crippen LogP contribution in [0.2, 0.25) is 10.6 Å². The summed E-state index contributed by atoms with van der Waals surface area (Å²) in [5.41, 5.74) is 0. The van der Waals surface area contributed by atoms with E-state index in [0.717, 1.165) is 13.2 Å². The monoisotopic (exact) mass is 298 g/mol. The van der Waals surface area contributed by atoms with Gasteiger partial charge in [0.05, 0.1) is 6.10 Å². The van der Waals surface area contributed by atoms with Gasteiger partial charge < -0.3 is 8.53 Å². The van der Waals surface area contributed by atoms with Gasteiger partial charge in [-0.1, -0.05) is 75.8 Å². The Kier molecular flexibility index (Phi) is 12.2. The highest BCUT2D eigenvalue weighted by molar-refractivity contribution is 6.51. The van der Waals surface area contributed by atoms with Gasteiger partial charge in [-0.3, -0.25) is 0 Å². The molecule has 3 heteroatoms. The molecular weight excluding hydrogens is 263 g/mol. The minimum Gasteiger partial charge on any atom is -0.499 e. The summed E-state index contributed by atoms with van der Waals surface area (Å²) in [6.07, 6.45) is 13.9. The molecule has 0 bridgehead atoms. The fraction of sp³-hybridized carbons (Fsp3) is 1.00. The fourth-order valence-corrected chi connectivity index (χ4v) is 5.52. The Morgan fingerprint density at radius 3 is 2.10 bits per heavy atom. The maximum Gasteiger partial charge on any atom is 0.460 e. The Morgan fingerprint density at radius 1 is 0.950 bits per heavy atom. The van der Waals surface area contributed by atoms with Crippen LogP contribution < -0.4 is 0 Å². The maximum atomic E-state index is 6.30. The highest BCUT2D eigenvalue weighted by Crippen LogP contribution is 2.17. The van der Waals surface area contributed by atoms with E-state index in [9.17, 15) is 0 Å². The van der Waals surface area contributed by atoms with Gasteiger partial charge in [-0.25, -0.2) is 0 Å². The van der Waals surface area contributed by atoms with E-state index in [1.807, 2.05) is 0 Å². The maximum absolute atomic E-state index is 6.30. The van der Waals surface area contributed by atoms with E-state index in [-0.39, 0.29) is 0 Å². The van der Waals surface area contributed by atoms with E-state index in [4.69, 9.17) is 8.53 Å². The Morgan fingerprint density at radius 2 is 1.60 bits per heavy atom. The lowest BCUT2D eigenvalue weighted by molar-refractivity contribution is 0.0667. The normalized spacial score (nSPS) is 18.6. The number of rotatable bonds is 13. The summed E-state index contributed by atoms with van der Waals surface area (Å²) in [5, 5.41) is 2.78. The van der Waals surface area contributed by atoms with Crippen molar-refractivity contribution < 1.29 is 8.53 Å². The third-order valence-corrected chi connectivity index (χ3v) is 7.07. The van der Waals surface area contributed by atoms with Crippen molar-refractivity contribution in [3.05, 3.63) is 0 Å². The molecule has 0 spiro atoms. The van der Waals surface area contributed by atoms with Crippen LogP contribution in [0.4, 0.5) is 0 Å². The van der Waals surface area contributed by atoms with Gasteiger partial charge in [0.2, 0.25) is 0 Å². The van der Waals surface area contributed by atoms with Crippen molar-refractivity contribution in [2.45, 2.75) is 94.7 Å². The molecule has 0 saturated carbocycles. The molecule has 1 fully saturated rings. The Bertz CT molecular complexity index is 193. The topological polar surface area (TPSA) is 18.5 Å². The molecule has 0 radical (unpaired) electrons. The molecule has 1 heterocycles. The fourth-order valence-electron chi connectivity index (χ4n) is 2.93. The van der Waals surface area contributed by atoms with Crippen molar-refractivity contribution in [3.63, 3.8) is 0 Å². The molecule has 1 aliphatic rings. The Labute approximate surface area is 131 Å². The zero-order valence-electron chi connectivity index (χ0n) is 13.9. The van der Waals surface area contributed by atoms with Gasteiger partial charge in [0.15, 0.2) is 0 Å². The highest BCUT2D eigenvalue weighted by Gasteiger charge is 2.23. The van der Waals surface area contributed by atoms with Crippen molar-refractivity contribution in [2.75, 3.05) is 13.2 Å². The first kappa shape index (κ1) is 18.5. The molecule has 0 aromatic carbocycles. The van der Waals surface area contributed by atoms with Crippen molar-refractivity contribution in [3.8, 4) is 0 Å². The van der Waals surface area contributed by atoms with Crippen LogP contribution in [0.3, 0.4) is 0 Å². The molecule has 118 valence electrons. The van der Waals surface area contributed by atoms with Gasteiger partial charge in [0.25, 0.3) is 0 Å². The molecule has 0 N–H and O–H groups in total. The van der Waals surface area contributed by atoms with Gasteiger partial charge in [-0.15, -0.1) is 0 Å². The predicted molar refractivity (Wildman–Crippen MR) is 88.6 cm³/mol. The van der Waals surface area contributed by atoms with Crippen LogP contribution in [-0.2, 0) is 8.53 Å². The molecule has 20 heavy (non-hydrogen) atoms. The van der Waals surface area contributed by atoms with Crippen LogP contribution in [0, 0.1) is 0 Å². The van der Waals surface area contributed by atoms with Crippen LogP contribution in [-0.4, -0.2) is 33.8 Å². The van der Waals surface area contributed by atoms with Crippen molar-refractivity contribution in [1.29, 1.82) is 0 Å². The number of ether oxygens (including phenoxy) is 1. The zero-order valence-corrected chi connectivity index (χ0v) is 15.0. The minimum atomic E-state index is -0.955. The largest absolute Gasteiger partial charge is 0.499 e. The quantitative estimate of drug-likeness (QED) is 0.338. The number of unbranched alkanes of at least 4 members (excludes halogenated alkanes) is 6. The number of hydrogen-bond donors (Lipinski definition) is 0. The summed E-state index contributed by atoms with van der Waals surface area (Å²) in [6, 6.07) is 0. The van der Waals surface area contributed by atoms with E-state index in [1.54, 1.807) is 0 Å². The average Bonchev–Trinajstić information content (AvgIpc) is 2.97. The molecule has 2 nitrogen and oxygen atoms in total. The summed E-state index contributed by atoms with van der Waals surface area (Å²) in [4.78, 5) is 0. The van der Waals surface area contributed by atoms with Gasteiger partial charge >= 0.3 is 14.5 Å². The SMILES string of the molecule is CCCCC[CH2][Al]([CH2]CCCCC)[O]CC1CCCO1. The third-order valence-electron chi connectivity index (χ3n) is 4.30. The van der Waals surface area contributed by atoms with Crippen LogP contribution >= 0.6 is 0 Å². The van der Waals surface area contributed by atoms with Crippen molar-refractivity contribution >= 4 is 14.5 Å². The van der Waals surface area contributed by atoms with E-state index < -0.39 is 14.5 Å². The summed E-state index contributed by atoms with van der Waals surface area (Å²) < 4.78 is 12.0. The lowest BCUT2D eigenvalue weighted by Gasteiger charge is -2.16. The van der Waals surface area contributed by atoms with E-state index in [1.165, 1.54) is 74.8 Å². The Balaban J connectivity index is 2.14.